The average molecular weight is 503 g/mol. The maximum atomic E-state index is 13.7. The van der Waals surface area contributed by atoms with Crippen LogP contribution >= 0.6 is 0 Å². The van der Waals surface area contributed by atoms with Crippen molar-refractivity contribution in [1.29, 1.82) is 5.26 Å². The summed E-state index contributed by atoms with van der Waals surface area (Å²) in [5, 5.41) is 12.7. The molecule has 1 N–H and O–H groups in total. The summed E-state index contributed by atoms with van der Waals surface area (Å²) in [6.07, 6.45) is 1.87. The number of carbonyl (C=O) groups excluding carboxylic acids is 1. The van der Waals surface area contributed by atoms with E-state index in [1.165, 1.54) is 12.3 Å². The van der Waals surface area contributed by atoms with Gasteiger partial charge in [-0.15, -0.1) is 0 Å². The molecule has 0 saturated carbocycles. The highest BCUT2D eigenvalue weighted by molar-refractivity contribution is 6.04. The summed E-state index contributed by atoms with van der Waals surface area (Å²) in [4.78, 5) is 18.8. The number of amides is 1. The topological polar surface area (TPSA) is 78.2 Å². The second-order valence-electron chi connectivity index (χ2n) is 10.1. The number of halogens is 2. The van der Waals surface area contributed by atoms with Gasteiger partial charge in [-0.25, -0.2) is 0 Å². The van der Waals surface area contributed by atoms with Crippen LogP contribution in [-0.4, -0.2) is 36.7 Å². The van der Waals surface area contributed by atoms with Crippen LogP contribution in [0.5, 0.6) is 0 Å². The van der Waals surface area contributed by atoms with Crippen LogP contribution in [0.2, 0.25) is 0 Å². The molecule has 1 saturated heterocycles. The average Bonchev–Trinajstić information content (AvgIpc) is 2.89. The zero-order chi connectivity index (χ0) is 26.4. The van der Waals surface area contributed by atoms with E-state index in [0.29, 0.717) is 25.3 Å². The number of alkyl halides is 2. The molecule has 2 aliphatic rings. The van der Waals surface area contributed by atoms with Crippen molar-refractivity contribution < 1.29 is 18.3 Å². The van der Waals surface area contributed by atoms with Crippen molar-refractivity contribution in [3.8, 4) is 17.2 Å². The summed E-state index contributed by atoms with van der Waals surface area (Å²) >= 11 is 0. The van der Waals surface area contributed by atoms with Crippen LogP contribution in [0.25, 0.3) is 11.1 Å². The number of rotatable bonds is 4. The molecule has 2 aromatic carbocycles. The lowest BCUT2D eigenvalue weighted by Crippen LogP contribution is -2.57. The van der Waals surface area contributed by atoms with E-state index >= 15 is 0 Å². The van der Waals surface area contributed by atoms with E-state index in [9.17, 15) is 18.8 Å². The number of aryl methyl sites for hydroxylation is 1. The monoisotopic (exact) mass is 502 g/mol. The number of carbonyl (C=O) groups is 1. The minimum atomic E-state index is -3.13. The van der Waals surface area contributed by atoms with E-state index in [1.54, 1.807) is 6.07 Å². The molecular weight excluding hydrogens is 474 g/mol. The minimum absolute atomic E-state index is 0.0125. The van der Waals surface area contributed by atoms with Crippen molar-refractivity contribution >= 4 is 17.3 Å². The van der Waals surface area contributed by atoms with Crippen molar-refractivity contribution in [3.63, 3.8) is 0 Å². The van der Waals surface area contributed by atoms with Crippen LogP contribution < -0.4 is 10.2 Å². The molecule has 1 fully saturated rings. The normalized spacial score (nSPS) is 21.0. The lowest BCUT2D eigenvalue weighted by molar-refractivity contribution is 0.0127. The summed E-state index contributed by atoms with van der Waals surface area (Å²) in [5.41, 5.74) is 4.92. The Morgan fingerprint density at radius 3 is 2.81 bits per heavy atom. The van der Waals surface area contributed by atoms with Gasteiger partial charge in [-0.2, -0.15) is 14.0 Å². The van der Waals surface area contributed by atoms with Gasteiger partial charge in [-0.3, -0.25) is 9.78 Å². The molecule has 2 aliphatic heterocycles. The number of pyridine rings is 1. The summed E-state index contributed by atoms with van der Waals surface area (Å²) in [6.45, 7) is 6.61. The van der Waals surface area contributed by atoms with Gasteiger partial charge in [-0.05, 0) is 72.9 Å². The fraction of sp³-hybridized carbons (Fsp3) is 0.345. The molecule has 37 heavy (non-hydrogen) atoms. The highest BCUT2D eigenvalue weighted by Gasteiger charge is 2.45. The fourth-order valence-electron chi connectivity index (χ4n) is 5.22. The van der Waals surface area contributed by atoms with Gasteiger partial charge >= 0.3 is 0 Å². The van der Waals surface area contributed by atoms with Crippen LogP contribution in [0.1, 0.15) is 41.0 Å². The zero-order valence-corrected chi connectivity index (χ0v) is 21.0. The van der Waals surface area contributed by atoms with E-state index in [1.807, 2.05) is 32.0 Å². The van der Waals surface area contributed by atoms with Crippen LogP contribution in [0.4, 0.5) is 20.2 Å². The zero-order valence-electron chi connectivity index (χ0n) is 21.0. The SMILES string of the molecule is Cc1ccc(NC(=O)c2ccnc(C(C)(F)F)c2)cc1-c1ccc2c(c1)N1CCOCC1[C@@](C)(C#N)C2. The smallest absolute Gasteiger partial charge is 0.286 e. The minimum Gasteiger partial charge on any atom is -0.377 e. The van der Waals surface area contributed by atoms with Crippen molar-refractivity contribution in [3.05, 3.63) is 77.1 Å². The Bertz CT molecular complexity index is 1410. The first kappa shape index (κ1) is 24.8. The number of hydrogen-bond donors (Lipinski definition) is 1. The molecule has 0 radical (unpaired) electrons. The van der Waals surface area contributed by atoms with Gasteiger partial charge in [0.05, 0.1) is 30.7 Å². The quantitative estimate of drug-likeness (QED) is 0.494. The molecule has 6 nitrogen and oxygen atoms in total. The largest absolute Gasteiger partial charge is 0.377 e. The van der Waals surface area contributed by atoms with Crippen LogP contribution in [-0.2, 0) is 17.1 Å². The molecule has 0 aliphatic carbocycles. The third kappa shape index (κ3) is 4.67. The van der Waals surface area contributed by atoms with Gasteiger partial charge in [0.1, 0.15) is 5.69 Å². The molecule has 8 heteroatoms. The molecular formula is C29H28F2N4O2. The van der Waals surface area contributed by atoms with E-state index in [4.69, 9.17) is 4.74 Å². The molecule has 1 amide bonds. The molecule has 5 rings (SSSR count). The number of nitrogens with one attached hydrogen (secondary N) is 1. The molecule has 1 unspecified atom stereocenters. The van der Waals surface area contributed by atoms with E-state index < -0.39 is 22.9 Å². The standard InChI is InChI=1S/C29H28F2N4O2/c1-18-4-7-22(34-27(36)20-8-9-33-25(13-20)29(3,30)31)14-23(18)19-5-6-21-15-28(2,17-32)26-16-37-11-10-35(26)24(21)12-19/h4-9,12-14,26H,10-11,15-16H2,1-3H3,(H,34,36)/t26?,28-/m1/s1. The summed E-state index contributed by atoms with van der Waals surface area (Å²) in [6, 6.07) is 16.9. The van der Waals surface area contributed by atoms with Gasteiger partial charge in [0.15, 0.2) is 0 Å². The van der Waals surface area contributed by atoms with Crippen molar-refractivity contribution in [2.75, 3.05) is 30.0 Å². The van der Waals surface area contributed by atoms with Crippen molar-refractivity contribution in [1.82, 2.24) is 4.98 Å². The lowest BCUT2D eigenvalue weighted by atomic mass is 9.73. The first-order chi connectivity index (χ1) is 17.6. The van der Waals surface area contributed by atoms with Gasteiger partial charge < -0.3 is 15.0 Å². The second kappa shape index (κ2) is 9.24. The third-order valence-electron chi connectivity index (χ3n) is 7.35. The van der Waals surface area contributed by atoms with E-state index in [-0.39, 0.29) is 11.6 Å². The van der Waals surface area contributed by atoms with Gasteiger partial charge in [0.25, 0.3) is 11.8 Å². The number of benzene rings is 2. The Morgan fingerprint density at radius 2 is 2.05 bits per heavy atom. The molecule has 3 heterocycles. The lowest BCUT2D eigenvalue weighted by Gasteiger charge is -2.49. The molecule has 1 aromatic heterocycles. The fourth-order valence-corrected chi connectivity index (χ4v) is 5.22. The molecule has 0 bridgehead atoms. The summed E-state index contributed by atoms with van der Waals surface area (Å²) < 4.78 is 33.1. The summed E-state index contributed by atoms with van der Waals surface area (Å²) in [7, 11) is 0. The number of anilines is 2. The van der Waals surface area contributed by atoms with Gasteiger partial charge in [0.2, 0.25) is 0 Å². The Hall–Kier alpha value is -3.83. The van der Waals surface area contributed by atoms with Gasteiger partial charge in [-0.1, -0.05) is 18.2 Å². The number of nitrogens with zero attached hydrogens (tertiary/aromatic N) is 3. The number of hydrogen-bond acceptors (Lipinski definition) is 5. The first-order valence-corrected chi connectivity index (χ1v) is 12.2. The van der Waals surface area contributed by atoms with E-state index in [2.05, 4.69) is 33.4 Å². The first-order valence-electron chi connectivity index (χ1n) is 12.2. The summed E-state index contributed by atoms with van der Waals surface area (Å²) in [5.74, 6) is -3.62. The molecule has 3 aromatic rings. The highest BCUT2D eigenvalue weighted by atomic mass is 19.3. The molecule has 0 spiro atoms. The van der Waals surface area contributed by atoms with Crippen LogP contribution in [0, 0.1) is 23.7 Å². The van der Waals surface area contributed by atoms with E-state index in [0.717, 1.165) is 47.5 Å². The predicted molar refractivity (Wildman–Crippen MR) is 138 cm³/mol. The second-order valence-corrected chi connectivity index (χ2v) is 10.1. The Balaban J connectivity index is 1.45. The number of morpholine rings is 1. The Morgan fingerprint density at radius 1 is 1.24 bits per heavy atom. The highest BCUT2D eigenvalue weighted by Crippen LogP contribution is 2.44. The van der Waals surface area contributed by atoms with Crippen molar-refractivity contribution in [2.24, 2.45) is 5.41 Å². The third-order valence-corrected chi connectivity index (χ3v) is 7.35. The maximum absolute atomic E-state index is 13.7. The molecule has 2 atom stereocenters. The number of ether oxygens (including phenoxy) is 1. The molecule has 190 valence electrons. The predicted octanol–water partition coefficient (Wildman–Crippen LogP) is 5.71. The number of nitriles is 1. The Labute approximate surface area is 214 Å². The maximum Gasteiger partial charge on any atom is 0.286 e. The van der Waals surface area contributed by atoms with Crippen LogP contribution in [0.15, 0.2) is 54.7 Å². The number of aromatic nitrogens is 1. The Kier molecular flexibility index (Phi) is 6.20. The van der Waals surface area contributed by atoms with Gasteiger partial charge in [0, 0.05) is 36.6 Å². The number of fused-ring (bicyclic) bond motifs is 3. The van der Waals surface area contributed by atoms with Crippen molar-refractivity contribution in [2.45, 2.75) is 39.2 Å². The van der Waals surface area contributed by atoms with Crippen LogP contribution in [0.3, 0.4) is 0 Å².